The number of carbonyl (C=O) groups is 2. The number of hydrogen-bond acceptors (Lipinski definition) is 20. The van der Waals surface area contributed by atoms with Crippen molar-refractivity contribution in [2.45, 2.75) is 101 Å². The second kappa shape index (κ2) is 20.6. The lowest BCUT2D eigenvalue weighted by molar-refractivity contribution is -0.180. The molecular formula is C48H56N6O14. The normalized spacial score (nSPS) is 22.2. The van der Waals surface area contributed by atoms with Crippen LogP contribution >= 0.6 is 0 Å². The van der Waals surface area contributed by atoms with Crippen molar-refractivity contribution in [3.63, 3.8) is 0 Å². The summed E-state index contributed by atoms with van der Waals surface area (Å²) in [6, 6.07) is 7.28. The van der Waals surface area contributed by atoms with E-state index in [-0.39, 0.29) is 47.7 Å². The standard InChI is InChI=1S/C48H56N6O14/c1-9-65-37-17-25-27-15-23(11-13-33(27)51-39(29(25)19-35(37)59-3)31-21-49-47(63-7)53-43(31)61-5)67-45(57)41(55)42(56)46(58)68-24-12-14-34-28(16-24)26-18-38(66-10-2)36(60-4)20-30(26)40(52-34)32-22-50-48(64-8)54-44(32)62-6/h17-24,27-28,33-34,41-42,55-56H,9-16H2,1-8H3/t23-,24-,27-,28-,33-,34-,41?,42?/m0/s1. The topological polar surface area (TPSA) is 243 Å². The van der Waals surface area contributed by atoms with Gasteiger partial charge in [0.2, 0.25) is 11.8 Å². The van der Waals surface area contributed by atoms with Crippen LogP contribution in [0.25, 0.3) is 0 Å². The molecule has 20 nitrogen and oxygen atoms in total. The molecule has 362 valence electrons. The lowest BCUT2D eigenvalue weighted by Gasteiger charge is -2.39. The predicted octanol–water partition coefficient (Wildman–Crippen LogP) is 4.34. The van der Waals surface area contributed by atoms with Crippen LogP contribution in [-0.2, 0) is 19.1 Å². The molecule has 0 spiro atoms. The van der Waals surface area contributed by atoms with Gasteiger partial charge in [0.1, 0.15) is 12.2 Å². The van der Waals surface area contributed by atoms with E-state index in [1.807, 2.05) is 38.1 Å². The maximum absolute atomic E-state index is 13.5. The molecule has 2 N–H and O–H groups in total. The number of carbonyl (C=O) groups excluding carboxylic acids is 2. The van der Waals surface area contributed by atoms with Crippen molar-refractivity contribution in [3.8, 4) is 46.8 Å². The number of ether oxygens (including phenoxy) is 10. The fraction of sp³-hybridized carbons (Fsp3) is 0.500. The minimum absolute atomic E-state index is 0.136. The van der Waals surface area contributed by atoms with Crippen molar-refractivity contribution < 1.29 is 67.2 Å². The van der Waals surface area contributed by atoms with E-state index in [4.69, 9.17) is 57.4 Å². The van der Waals surface area contributed by atoms with Crippen molar-refractivity contribution >= 4 is 23.4 Å². The number of fused-ring (bicyclic) bond motifs is 6. The Hall–Kier alpha value is -6.80. The Morgan fingerprint density at radius 2 is 0.971 bits per heavy atom. The smallest absolute Gasteiger partial charge is 0.338 e. The quantitative estimate of drug-likeness (QED) is 0.140. The lowest BCUT2D eigenvalue weighted by Crippen LogP contribution is -2.45. The number of nitrogens with zero attached hydrogens (tertiary/aromatic N) is 6. The van der Waals surface area contributed by atoms with E-state index < -0.39 is 36.4 Å². The number of aromatic nitrogens is 4. The number of aliphatic imine (C=N–C) groups is 2. The number of esters is 2. The number of aliphatic hydroxyl groups excluding tert-OH is 2. The fourth-order valence-corrected chi connectivity index (χ4v) is 9.61. The highest BCUT2D eigenvalue weighted by Gasteiger charge is 2.44. The van der Waals surface area contributed by atoms with Gasteiger partial charge in [-0.05, 0) is 87.8 Å². The molecule has 2 fully saturated rings. The second-order valence-electron chi connectivity index (χ2n) is 16.5. The van der Waals surface area contributed by atoms with E-state index >= 15 is 0 Å². The summed E-state index contributed by atoms with van der Waals surface area (Å²) >= 11 is 0. The molecule has 0 radical (unpaired) electrons. The molecule has 8 atom stereocenters. The third-order valence-electron chi connectivity index (χ3n) is 12.8. The van der Waals surface area contributed by atoms with Gasteiger partial charge in [-0.25, -0.2) is 19.6 Å². The van der Waals surface area contributed by atoms with Crippen LogP contribution in [0.2, 0.25) is 0 Å². The van der Waals surface area contributed by atoms with Gasteiger partial charge in [-0.3, -0.25) is 9.98 Å². The molecule has 2 aromatic heterocycles. The summed E-state index contributed by atoms with van der Waals surface area (Å²) in [7, 11) is 9.04. The van der Waals surface area contributed by atoms with Crippen molar-refractivity contribution in [2.24, 2.45) is 9.98 Å². The number of methoxy groups -OCH3 is 6. The van der Waals surface area contributed by atoms with Crippen LogP contribution in [0.3, 0.4) is 0 Å². The zero-order valence-electron chi connectivity index (χ0n) is 39.2. The van der Waals surface area contributed by atoms with E-state index in [9.17, 15) is 19.8 Å². The Morgan fingerprint density at radius 3 is 1.32 bits per heavy atom. The minimum atomic E-state index is -2.21. The van der Waals surface area contributed by atoms with Gasteiger partial charge in [-0.2, -0.15) is 9.97 Å². The van der Waals surface area contributed by atoms with E-state index in [0.717, 1.165) is 22.3 Å². The summed E-state index contributed by atoms with van der Waals surface area (Å²) < 4.78 is 56.7. The van der Waals surface area contributed by atoms with Gasteiger partial charge in [0.15, 0.2) is 35.2 Å². The van der Waals surface area contributed by atoms with Crippen LogP contribution in [0.5, 0.6) is 46.8 Å². The zero-order chi connectivity index (χ0) is 48.2. The van der Waals surface area contributed by atoms with Gasteiger partial charge < -0.3 is 57.6 Å². The first-order chi connectivity index (χ1) is 33.0. The minimum Gasteiger partial charge on any atom is -0.493 e. The first kappa shape index (κ1) is 47.7. The molecule has 0 bridgehead atoms. The molecule has 0 saturated heterocycles. The molecule has 2 aromatic carbocycles. The monoisotopic (exact) mass is 940 g/mol. The second-order valence-corrected chi connectivity index (χ2v) is 16.5. The lowest BCUT2D eigenvalue weighted by atomic mass is 9.74. The maximum Gasteiger partial charge on any atom is 0.338 e. The van der Waals surface area contributed by atoms with Crippen LogP contribution in [0, 0.1) is 0 Å². The van der Waals surface area contributed by atoms with Crippen LogP contribution in [0.15, 0.2) is 46.6 Å². The molecule has 4 aliphatic rings. The summed E-state index contributed by atoms with van der Waals surface area (Å²) in [6.07, 6.45) is -0.145. The molecule has 68 heavy (non-hydrogen) atoms. The Bertz CT molecular complexity index is 2410. The molecular weight excluding hydrogens is 885 g/mol. The Kier molecular flexibility index (Phi) is 14.4. The highest BCUT2D eigenvalue weighted by molar-refractivity contribution is 6.17. The average molecular weight is 941 g/mol. The van der Waals surface area contributed by atoms with Gasteiger partial charge in [0.25, 0.3) is 0 Å². The number of rotatable bonds is 17. The number of benzene rings is 2. The van der Waals surface area contributed by atoms with Gasteiger partial charge in [0.05, 0.1) is 90.5 Å². The van der Waals surface area contributed by atoms with Crippen molar-refractivity contribution in [2.75, 3.05) is 55.9 Å². The Labute approximate surface area is 393 Å². The van der Waals surface area contributed by atoms with Crippen molar-refractivity contribution in [3.05, 3.63) is 70.0 Å². The van der Waals surface area contributed by atoms with E-state index in [1.54, 1.807) is 26.6 Å². The molecule has 2 aliphatic carbocycles. The van der Waals surface area contributed by atoms with Crippen LogP contribution in [-0.4, -0.2) is 146 Å². The van der Waals surface area contributed by atoms with Gasteiger partial charge in [-0.1, -0.05) is 0 Å². The molecule has 2 unspecified atom stereocenters. The molecule has 0 amide bonds. The summed E-state index contributed by atoms with van der Waals surface area (Å²) in [4.78, 5) is 54.8. The summed E-state index contributed by atoms with van der Waals surface area (Å²) in [5, 5.41) is 22.2. The zero-order valence-corrected chi connectivity index (χ0v) is 39.2. The molecule has 4 aromatic rings. The SMILES string of the molecule is CCOc1cc2c(cc1OC)C(c1cnc(OC)nc1OC)=N[C@H]1CC[C@H](OC(=O)C(O)C(O)C(=O)O[C@H]3CC[C@@H]4N=C(c5cnc(OC)nc5OC)c5cc(OC)c(OCC)cc5[C@@H]4C3)C[C@@H]21. The largest absolute Gasteiger partial charge is 0.493 e. The third kappa shape index (κ3) is 9.25. The first-order valence-corrected chi connectivity index (χ1v) is 22.5. The third-order valence-corrected chi connectivity index (χ3v) is 12.8. The molecule has 20 heteroatoms. The Balaban J connectivity index is 0.969. The maximum atomic E-state index is 13.5. The Morgan fingerprint density at radius 1 is 0.559 bits per heavy atom. The van der Waals surface area contributed by atoms with Crippen molar-refractivity contribution in [1.29, 1.82) is 0 Å². The summed E-state index contributed by atoms with van der Waals surface area (Å²) in [5.74, 6) is -0.207. The summed E-state index contributed by atoms with van der Waals surface area (Å²) in [6.45, 7) is 4.53. The highest BCUT2D eigenvalue weighted by Crippen LogP contribution is 2.48. The number of hydrogen-bond donors (Lipinski definition) is 2. The fourth-order valence-electron chi connectivity index (χ4n) is 9.61. The van der Waals surface area contributed by atoms with Crippen LogP contribution in [0.4, 0.5) is 0 Å². The highest BCUT2D eigenvalue weighted by atomic mass is 16.6. The van der Waals surface area contributed by atoms with E-state index in [1.165, 1.54) is 28.4 Å². The number of aliphatic hydroxyl groups is 2. The molecule has 2 aliphatic heterocycles. The molecule has 4 heterocycles. The van der Waals surface area contributed by atoms with Gasteiger partial charge in [-0.15, -0.1) is 0 Å². The predicted molar refractivity (Wildman–Crippen MR) is 242 cm³/mol. The molecule has 8 rings (SSSR count). The van der Waals surface area contributed by atoms with E-state index in [0.29, 0.717) is 97.3 Å². The van der Waals surface area contributed by atoms with Crippen molar-refractivity contribution in [1.82, 2.24) is 19.9 Å². The van der Waals surface area contributed by atoms with E-state index in [2.05, 4.69) is 19.9 Å². The van der Waals surface area contributed by atoms with Gasteiger partial charge in [0, 0.05) is 35.4 Å². The first-order valence-electron chi connectivity index (χ1n) is 22.5. The van der Waals surface area contributed by atoms with Crippen LogP contribution < -0.4 is 37.9 Å². The van der Waals surface area contributed by atoms with Gasteiger partial charge >= 0.3 is 24.0 Å². The average Bonchev–Trinajstić information content (AvgIpc) is 3.37. The summed E-state index contributed by atoms with van der Waals surface area (Å²) in [5.41, 5.74) is 5.47. The van der Waals surface area contributed by atoms with Crippen LogP contribution in [0.1, 0.15) is 97.6 Å². The molecule has 2 saturated carbocycles.